The Kier molecular flexibility index (Phi) is 4.64. The average molecular weight is 384 g/mol. The van der Waals surface area contributed by atoms with E-state index in [-0.39, 0.29) is 17.5 Å². The standard InChI is InChI=1S/C19H14F2N4OS/c20-14-5-1-12(2-6-14)17-23-19-25(24-17)16(11-27-19)9-10-22-18(26)13-3-7-15(21)8-4-13/h1-8,11H,9-10H2,(H,22,26). The molecule has 0 radical (unpaired) electrons. The highest BCUT2D eigenvalue weighted by Crippen LogP contribution is 2.21. The largest absolute Gasteiger partial charge is 0.352 e. The number of hydrogen-bond acceptors (Lipinski definition) is 4. The Morgan fingerprint density at radius 1 is 1.04 bits per heavy atom. The molecule has 0 spiro atoms. The van der Waals surface area contributed by atoms with Gasteiger partial charge in [0, 0.05) is 29.5 Å². The van der Waals surface area contributed by atoms with Gasteiger partial charge in [0.1, 0.15) is 11.6 Å². The van der Waals surface area contributed by atoms with E-state index in [2.05, 4.69) is 15.4 Å². The maximum atomic E-state index is 13.1. The van der Waals surface area contributed by atoms with Crippen LogP contribution < -0.4 is 5.32 Å². The van der Waals surface area contributed by atoms with Gasteiger partial charge in [0.05, 0.1) is 5.69 Å². The van der Waals surface area contributed by atoms with E-state index in [9.17, 15) is 13.6 Å². The number of fused-ring (bicyclic) bond motifs is 1. The minimum Gasteiger partial charge on any atom is -0.352 e. The summed E-state index contributed by atoms with van der Waals surface area (Å²) >= 11 is 1.45. The summed E-state index contributed by atoms with van der Waals surface area (Å²) in [5.74, 6) is -0.418. The monoisotopic (exact) mass is 384 g/mol. The Morgan fingerprint density at radius 3 is 2.41 bits per heavy atom. The first-order chi connectivity index (χ1) is 13.1. The molecule has 0 bridgehead atoms. The molecular weight excluding hydrogens is 370 g/mol. The van der Waals surface area contributed by atoms with Crippen molar-refractivity contribution in [2.45, 2.75) is 6.42 Å². The van der Waals surface area contributed by atoms with Crippen LogP contribution in [0.5, 0.6) is 0 Å². The number of aromatic nitrogens is 3. The van der Waals surface area contributed by atoms with Crippen molar-refractivity contribution in [3.8, 4) is 11.4 Å². The van der Waals surface area contributed by atoms with Crippen LogP contribution >= 0.6 is 11.3 Å². The van der Waals surface area contributed by atoms with Gasteiger partial charge in [-0.05, 0) is 48.5 Å². The van der Waals surface area contributed by atoms with Gasteiger partial charge in [-0.1, -0.05) is 0 Å². The Labute approximate surface area is 157 Å². The highest BCUT2D eigenvalue weighted by atomic mass is 32.1. The fraction of sp³-hybridized carbons (Fsp3) is 0.105. The normalized spacial score (nSPS) is 11.0. The molecule has 0 aliphatic rings. The molecular formula is C19H14F2N4OS. The van der Waals surface area contributed by atoms with Crippen molar-refractivity contribution in [2.24, 2.45) is 0 Å². The van der Waals surface area contributed by atoms with Crippen molar-refractivity contribution in [3.05, 3.63) is 76.8 Å². The Balaban J connectivity index is 1.44. The van der Waals surface area contributed by atoms with E-state index >= 15 is 0 Å². The number of rotatable bonds is 5. The summed E-state index contributed by atoms with van der Waals surface area (Å²) < 4.78 is 27.7. The molecule has 136 valence electrons. The first-order valence-electron chi connectivity index (χ1n) is 8.23. The van der Waals surface area contributed by atoms with Gasteiger partial charge in [-0.25, -0.2) is 13.3 Å². The number of hydrogen-bond donors (Lipinski definition) is 1. The van der Waals surface area contributed by atoms with E-state index < -0.39 is 0 Å². The molecule has 0 aliphatic heterocycles. The Bertz CT molecular complexity index is 1090. The Morgan fingerprint density at radius 2 is 1.70 bits per heavy atom. The molecule has 0 saturated heterocycles. The molecule has 0 atom stereocenters. The minimum atomic E-state index is -0.379. The molecule has 8 heteroatoms. The number of thiazole rings is 1. The van der Waals surface area contributed by atoms with Gasteiger partial charge in [-0.2, -0.15) is 4.98 Å². The van der Waals surface area contributed by atoms with Crippen LogP contribution in [0.15, 0.2) is 53.9 Å². The molecule has 1 amide bonds. The second kappa shape index (κ2) is 7.24. The quantitative estimate of drug-likeness (QED) is 0.571. The molecule has 1 N–H and O–H groups in total. The molecule has 2 aromatic carbocycles. The Hall–Kier alpha value is -3.13. The molecule has 0 aliphatic carbocycles. The van der Waals surface area contributed by atoms with Crippen LogP contribution in [0, 0.1) is 11.6 Å². The van der Waals surface area contributed by atoms with Gasteiger partial charge in [0.25, 0.3) is 5.91 Å². The number of nitrogens with one attached hydrogen (secondary N) is 1. The van der Waals surface area contributed by atoms with Crippen LogP contribution in [0.25, 0.3) is 16.3 Å². The van der Waals surface area contributed by atoms with Crippen LogP contribution in [0.4, 0.5) is 8.78 Å². The van der Waals surface area contributed by atoms with Crippen LogP contribution in [-0.2, 0) is 6.42 Å². The molecule has 2 aromatic heterocycles. The summed E-state index contributed by atoms with van der Waals surface area (Å²) in [5.41, 5.74) is 2.06. The summed E-state index contributed by atoms with van der Waals surface area (Å²) in [6, 6.07) is 11.4. The summed E-state index contributed by atoms with van der Waals surface area (Å²) in [4.78, 5) is 17.3. The van der Waals surface area contributed by atoms with E-state index in [4.69, 9.17) is 0 Å². The maximum absolute atomic E-state index is 13.1. The van der Waals surface area contributed by atoms with E-state index in [1.54, 1.807) is 16.6 Å². The molecule has 27 heavy (non-hydrogen) atoms. The van der Waals surface area contributed by atoms with Crippen LogP contribution in [0.3, 0.4) is 0 Å². The second-order valence-electron chi connectivity index (χ2n) is 5.88. The topological polar surface area (TPSA) is 59.3 Å². The molecule has 5 nitrogen and oxygen atoms in total. The lowest BCUT2D eigenvalue weighted by Crippen LogP contribution is -2.26. The lowest BCUT2D eigenvalue weighted by atomic mass is 10.2. The zero-order chi connectivity index (χ0) is 18.8. The number of halogens is 2. The van der Waals surface area contributed by atoms with E-state index in [0.717, 1.165) is 16.2 Å². The van der Waals surface area contributed by atoms with Gasteiger partial charge in [0.15, 0.2) is 5.82 Å². The molecule has 4 aromatic rings. The molecule has 0 saturated carbocycles. The second-order valence-corrected chi connectivity index (χ2v) is 6.71. The van der Waals surface area contributed by atoms with Gasteiger partial charge in [-0.15, -0.1) is 16.4 Å². The minimum absolute atomic E-state index is 0.257. The lowest BCUT2D eigenvalue weighted by molar-refractivity contribution is 0.0954. The molecule has 4 rings (SSSR count). The maximum Gasteiger partial charge on any atom is 0.251 e. The number of carbonyl (C=O) groups is 1. The molecule has 0 fully saturated rings. The zero-order valence-electron chi connectivity index (χ0n) is 14.0. The van der Waals surface area contributed by atoms with Gasteiger partial charge < -0.3 is 5.32 Å². The fourth-order valence-corrected chi connectivity index (χ4v) is 3.48. The van der Waals surface area contributed by atoms with Crippen molar-refractivity contribution in [1.82, 2.24) is 19.9 Å². The smallest absolute Gasteiger partial charge is 0.251 e. The van der Waals surface area contributed by atoms with Crippen molar-refractivity contribution >= 4 is 22.2 Å². The van der Waals surface area contributed by atoms with Gasteiger partial charge >= 0.3 is 0 Å². The van der Waals surface area contributed by atoms with Crippen LogP contribution in [0.2, 0.25) is 0 Å². The first-order valence-corrected chi connectivity index (χ1v) is 9.11. The summed E-state index contributed by atoms with van der Waals surface area (Å²) in [5, 5.41) is 9.22. The summed E-state index contributed by atoms with van der Waals surface area (Å²) in [7, 11) is 0. The summed E-state index contributed by atoms with van der Waals surface area (Å²) in [6.45, 7) is 0.411. The number of nitrogens with zero attached hydrogens (tertiary/aromatic N) is 3. The van der Waals surface area contributed by atoms with Crippen LogP contribution in [0.1, 0.15) is 16.1 Å². The van der Waals surface area contributed by atoms with E-state index in [1.807, 2.05) is 5.38 Å². The fourth-order valence-electron chi connectivity index (χ4n) is 2.63. The SMILES string of the molecule is O=C(NCCc1csc2nc(-c3ccc(F)cc3)nn12)c1ccc(F)cc1. The lowest BCUT2D eigenvalue weighted by Gasteiger charge is -2.04. The average Bonchev–Trinajstić information content (AvgIpc) is 3.24. The highest BCUT2D eigenvalue weighted by Gasteiger charge is 2.12. The third-order valence-electron chi connectivity index (χ3n) is 4.03. The number of carbonyl (C=O) groups excluding carboxylic acids is 1. The third-order valence-corrected chi connectivity index (χ3v) is 4.89. The van der Waals surface area contributed by atoms with Crippen molar-refractivity contribution in [2.75, 3.05) is 6.54 Å². The van der Waals surface area contributed by atoms with E-state index in [0.29, 0.717) is 24.4 Å². The number of benzene rings is 2. The van der Waals surface area contributed by atoms with Crippen molar-refractivity contribution in [3.63, 3.8) is 0 Å². The van der Waals surface area contributed by atoms with Crippen LogP contribution in [-0.4, -0.2) is 27.0 Å². The zero-order valence-corrected chi connectivity index (χ0v) is 14.8. The first kappa shape index (κ1) is 17.3. The summed E-state index contributed by atoms with van der Waals surface area (Å²) in [6.07, 6.45) is 0.569. The third kappa shape index (κ3) is 3.70. The highest BCUT2D eigenvalue weighted by molar-refractivity contribution is 7.15. The van der Waals surface area contributed by atoms with E-state index in [1.165, 1.54) is 47.7 Å². The van der Waals surface area contributed by atoms with Crippen molar-refractivity contribution < 1.29 is 13.6 Å². The number of amides is 1. The van der Waals surface area contributed by atoms with Gasteiger partial charge in [0.2, 0.25) is 4.96 Å². The van der Waals surface area contributed by atoms with Gasteiger partial charge in [-0.3, -0.25) is 4.79 Å². The molecule has 2 heterocycles. The predicted octanol–water partition coefficient (Wildman–Crippen LogP) is 3.71. The molecule has 0 unspecified atom stereocenters. The predicted molar refractivity (Wildman–Crippen MR) is 98.7 cm³/mol. The van der Waals surface area contributed by atoms with Crippen molar-refractivity contribution in [1.29, 1.82) is 0 Å².